The summed E-state index contributed by atoms with van der Waals surface area (Å²) in [5.74, 6) is 0.376. The molecule has 0 radical (unpaired) electrons. The molecular formula is C17H12ClIN2O2S2. The Balaban J connectivity index is 1.76. The first kappa shape index (κ1) is 18.4. The highest BCUT2D eigenvalue weighted by atomic mass is 127. The second-order valence-corrected chi connectivity index (χ2v) is 8.11. The van der Waals surface area contributed by atoms with E-state index < -0.39 is 0 Å². The topological polar surface area (TPSA) is 50.4 Å². The predicted octanol–water partition coefficient (Wildman–Crippen LogP) is 5.29. The van der Waals surface area contributed by atoms with Crippen molar-refractivity contribution in [1.82, 2.24) is 5.32 Å². The first-order chi connectivity index (χ1) is 12.0. The molecule has 0 unspecified atom stereocenters. The van der Waals surface area contributed by atoms with Gasteiger partial charge in [0.25, 0.3) is 5.91 Å². The Morgan fingerprint density at radius 1 is 1.24 bits per heavy atom. The highest BCUT2D eigenvalue weighted by Gasteiger charge is 2.18. The third kappa shape index (κ3) is 4.22. The van der Waals surface area contributed by atoms with Crippen LogP contribution in [0.25, 0.3) is 10.1 Å². The lowest BCUT2D eigenvalue weighted by Gasteiger charge is -2.09. The molecule has 0 aliphatic rings. The standard InChI is InChI=1S/C17H12ClIN2O2S2/c1-23-11-6-7-12-13(8-11)25-15(14(12)18)16(22)21-17(24)20-10-4-2-9(19)3-5-10/h2-8H,1H3,(H2,20,21,22,24). The van der Waals surface area contributed by atoms with Crippen LogP contribution in [0.2, 0.25) is 5.02 Å². The number of halogens is 2. The van der Waals surface area contributed by atoms with Gasteiger partial charge in [0.2, 0.25) is 0 Å². The molecule has 0 bridgehead atoms. The Kier molecular flexibility index (Phi) is 5.78. The van der Waals surface area contributed by atoms with E-state index in [9.17, 15) is 4.79 Å². The molecule has 0 aliphatic carbocycles. The summed E-state index contributed by atoms with van der Waals surface area (Å²) in [4.78, 5) is 12.9. The van der Waals surface area contributed by atoms with Crippen LogP contribution in [-0.4, -0.2) is 18.1 Å². The van der Waals surface area contributed by atoms with E-state index in [0.29, 0.717) is 15.6 Å². The summed E-state index contributed by atoms with van der Waals surface area (Å²) in [5, 5.41) is 7.09. The summed E-state index contributed by atoms with van der Waals surface area (Å²) in [6, 6.07) is 13.2. The van der Waals surface area contributed by atoms with Crippen molar-refractivity contribution in [3.05, 3.63) is 55.9 Å². The van der Waals surface area contributed by atoms with Crippen molar-refractivity contribution >= 4 is 84.5 Å². The molecule has 1 heterocycles. The number of hydrogen-bond acceptors (Lipinski definition) is 4. The summed E-state index contributed by atoms with van der Waals surface area (Å²) >= 11 is 15.1. The summed E-state index contributed by atoms with van der Waals surface area (Å²) in [6.07, 6.45) is 0. The number of nitrogens with one attached hydrogen (secondary N) is 2. The molecule has 2 N–H and O–H groups in total. The number of carbonyl (C=O) groups is 1. The molecule has 0 aliphatic heterocycles. The number of hydrogen-bond donors (Lipinski definition) is 2. The van der Waals surface area contributed by atoms with Crippen LogP contribution in [0, 0.1) is 3.57 Å². The number of anilines is 1. The molecule has 0 saturated heterocycles. The zero-order valence-corrected chi connectivity index (χ0v) is 17.5. The van der Waals surface area contributed by atoms with E-state index in [-0.39, 0.29) is 11.0 Å². The van der Waals surface area contributed by atoms with Gasteiger partial charge in [-0.05, 0) is 77.3 Å². The van der Waals surface area contributed by atoms with Gasteiger partial charge in [-0.3, -0.25) is 10.1 Å². The normalized spacial score (nSPS) is 10.5. The van der Waals surface area contributed by atoms with Crippen LogP contribution in [0.5, 0.6) is 5.75 Å². The summed E-state index contributed by atoms with van der Waals surface area (Å²) < 4.78 is 7.20. The Labute approximate surface area is 172 Å². The minimum Gasteiger partial charge on any atom is -0.497 e. The number of fused-ring (bicyclic) bond motifs is 1. The molecule has 0 atom stereocenters. The van der Waals surface area contributed by atoms with Crippen molar-refractivity contribution < 1.29 is 9.53 Å². The molecule has 0 fully saturated rings. The Bertz CT molecular complexity index is 957. The fourth-order valence-corrected chi connectivity index (χ4v) is 4.18. The van der Waals surface area contributed by atoms with E-state index in [0.717, 1.165) is 19.3 Å². The van der Waals surface area contributed by atoms with Crippen molar-refractivity contribution in [2.75, 3.05) is 12.4 Å². The van der Waals surface area contributed by atoms with E-state index >= 15 is 0 Å². The number of thiocarbonyl (C=S) groups is 1. The first-order valence-electron chi connectivity index (χ1n) is 7.12. The van der Waals surface area contributed by atoms with E-state index in [1.54, 1.807) is 7.11 Å². The van der Waals surface area contributed by atoms with Gasteiger partial charge in [-0.15, -0.1) is 11.3 Å². The van der Waals surface area contributed by atoms with Gasteiger partial charge in [0.05, 0.1) is 12.1 Å². The van der Waals surface area contributed by atoms with Crippen molar-refractivity contribution in [2.24, 2.45) is 0 Å². The average Bonchev–Trinajstić information content (AvgIpc) is 2.93. The van der Waals surface area contributed by atoms with Gasteiger partial charge in [0.1, 0.15) is 10.6 Å². The predicted molar refractivity (Wildman–Crippen MR) is 116 cm³/mol. The van der Waals surface area contributed by atoms with E-state index in [2.05, 4.69) is 33.2 Å². The lowest BCUT2D eigenvalue weighted by atomic mass is 10.2. The van der Waals surface area contributed by atoms with Gasteiger partial charge in [-0.25, -0.2) is 0 Å². The SMILES string of the molecule is COc1ccc2c(Cl)c(C(=O)NC(=S)Nc3ccc(I)cc3)sc2c1. The van der Waals surface area contributed by atoms with Crippen molar-refractivity contribution in [1.29, 1.82) is 0 Å². The third-order valence-electron chi connectivity index (χ3n) is 3.37. The minimum atomic E-state index is -0.340. The van der Waals surface area contributed by atoms with Crippen LogP contribution in [0.3, 0.4) is 0 Å². The molecule has 3 aromatic rings. The number of ether oxygens (including phenoxy) is 1. The van der Waals surface area contributed by atoms with Crippen LogP contribution in [0.4, 0.5) is 5.69 Å². The quantitative estimate of drug-likeness (QED) is 0.377. The summed E-state index contributed by atoms with van der Waals surface area (Å²) in [5.41, 5.74) is 0.804. The highest BCUT2D eigenvalue weighted by molar-refractivity contribution is 14.1. The van der Waals surface area contributed by atoms with Gasteiger partial charge in [-0.2, -0.15) is 0 Å². The van der Waals surface area contributed by atoms with Crippen LogP contribution in [0.1, 0.15) is 9.67 Å². The second kappa shape index (κ2) is 7.86. The number of methoxy groups -OCH3 is 1. The molecule has 3 rings (SSSR count). The molecule has 128 valence electrons. The molecule has 4 nitrogen and oxygen atoms in total. The maximum Gasteiger partial charge on any atom is 0.269 e. The lowest BCUT2D eigenvalue weighted by molar-refractivity contribution is 0.0982. The van der Waals surface area contributed by atoms with E-state index in [4.69, 9.17) is 28.6 Å². The monoisotopic (exact) mass is 502 g/mol. The van der Waals surface area contributed by atoms with Crippen LogP contribution in [0.15, 0.2) is 42.5 Å². The molecule has 1 amide bonds. The fraction of sp³-hybridized carbons (Fsp3) is 0.0588. The molecule has 2 aromatic carbocycles. The third-order valence-corrected chi connectivity index (χ3v) is 5.95. The van der Waals surface area contributed by atoms with Crippen LogP contribution < -0.4 is 15.4 Å². The Morgan fingerprint density at radius 3 is 2.64 bits per heavy atom. The number of benzene rings is 2. The van der Waals surface area contributed by atoms with E-state index in [1.165, 1.54) is 11.3 Å². The first-order valence-corrected chi connectivity index (χ1v) is 9.80. The van der Waals surface area contributed by atoms with Crippen molar-refractivity contribution in [2.45, 2.75) is 0 Å². The molecule has 0 spiro atoms. The number of carbonyl (C=O) groups excluding carboxylic acids is 1. The Hall–Kier alpha value is -1.42. The zero-order chi connectivity index (χ0) is 18.0. The van der Waals surface area contributed by atoms with Gasteiger partial charge in [-0.1, -0.05) is 11.6 Å². The molecule has 1 aromatic heterocycles. The maximum absolute atomic E-state index is 12.5. The maximum atomic E-state index is 12.5. The average molecular weight is 503 g/mol. The summed E-state index contributed by atoms with van der Waals surface area (Å²) in [7, 11) is 1.60. The largest absolute Gasteiger partial charge is 0.497 e. The molecule has 0 saturated carbocycles. The van der Waals surface area contributed by atoms with Crippen molar-refractivity contribution in [3.8, 4) is 5.75 Å². The van der Waals surface area contributed by atoms with Gasteiger partial charge < -0.3 is 10.1 Å². The molecule has 8 heteroatoms. The van der Waals surface area contributed by atoms with Gasteiger partial charge >= 0.3 is 0 Å². The minimum absolute atomic E-state index is 0.220. The van der Waals surface area contributed by atoms with Gasteiger partial charge in [0, 0.05) is 19.3 Å². The van der Waals surface area contributed by atoms with Crippen LogP contribution in [-0.2, 0) is 0 Å². The van der Waals surface area contributed by atoms with Crippen LogP contribution >= 0.6 is 57.7 Å². The van der Waals surface area contributed by atoms with E-state index in [1.807, 2.05) is 42.5 Å². The van der Waals surface area contributed by atoms with Crippen molar-refractivity contribution in [3.63, 3.8) is 0 Å². The molecular weight excluding hydrogens is 491 g/mol. The summed E-state index contributed by atoms with van der Waals surface area (Å²) in [6.45, 7) is 0. The zero-order valence-electron chi connectivity index (χ0n) is 12.9. The highest BCUT2D eigenvalue weighted by Crippen LogP contribution is 2.37. The van der Waals surface area contributed by atoms with Gasteiger partial charge in [0.15, 0.2) is 5.11 Å². The number of thiophene rings is 1. The fourth-order valence-electron chi connectivity index (χ4n) is 2.17. The number of amides is 1. The second-order valence-electron chi connectivity index (χ2n) is 5.02. The Morgan fingerprint density at radius 2 is 1.96 bits per heavy atom. The molecule has 25 heavy (non-hydrogen) atoms. The lowest BCUT2D eigenvalue weighted by Crippen LogP contribution is -2.33. The number of rotatable bonds is 3. The smallest absolute Gasteiger partial charge is 0.269 e.